The number of aromatic nitrogens is 1. The van der Waals surface area contributed by atoms with Gasteiger partial charge in [0.2, 0.25) is 0 Å². The maximum atomic E-state index is 12.0. The molecule has 1 aromatic heterocycles. The van der Waals surface area contributed by atoms with Crippen LogP contribution < -0.4 is 10.1 Å². The molecule has 0 saturated heterocycles. The molecular formula is C16H25N3O2. The van der Waals surface area contributed by atoms with Crippen molar-refractivity contribution in [1.29, 1.82) is 0 Å². The van der Waals surface area contributed by atoms with Crippen molar-refractivity contribution in [3.8, 4) is 5.75 Å². The number of carbonyl (C=O) groups excluding carboxylic acids is 1. The summed E-state index contributed by atoms with van der Waals surface area (Å²) in [5.74, 6) is 0.729. The van der Waals surface area contributed by atoms with Gasteiger partial charge in [0, 0.05) is 25.3 Å². The van der Waals surface area contributed by atoms with Crippen LogP contribution in [-0.2, 0) is 11.3 Å². The fourth-order valence-electron chi connectivity index (χ4n) is 2.15. The highest BCUT2D eigenvalue weighted by Crippen LogP contribution is 2.25. The summed E-state index contributed by atoms with van der Waals surface area (Å²) in [6, 6.07) is 4.23. The number of hydrogen-bond acceptors (Lipinski definition) is 4. The van der Waals surface area contributed by atoms with Crippen LogP contribution in [0.1, 0.15) is 37.6 Å². The molecule has 1 amide bonds. The van der Waals surface area contributed by atoms with Gasteiger partial charge in [0.25, 0.3) is 5.91 Å². The Labute approximate surface area is 126 Å². The van der Waals surface area contributed by atoms with Crippen LogP contribution in [0.3, 0.4) is 0 Å². The molecule has 21 heavy (non-hydrogen) atoms. The lowest BCUT2D eigenvalue weighted by atomic mass is 10.2. The molecule has 1 N–H and O–H groups in total. The van der Waals surface area contributed by atoms with E-state index in [9.17, 15) is 4.79 Å². The molecule has 1 fully saturated rings. The van der Waals surface area contributed by atoms with Gasteiger partial charge in [-0.05, 0) is 44.9 Å². The molecule has 116 valence electrons. The normalized spacial score (nSPS) is 14.0. The number of rotatable bonds is 8. The molecule has 0 spiro atoms. The van der Waals surface area contributed by atoms with Crippen LogP contribution in [0.2, 0.25) is 0 Å². The maximum absolute atomic E-state index is 12.0. The Morgan fingerprint density at radius 1 is 1.48 bits per heavy atom. The first-order valence-corrected chi connectivity index (χ1v) is 7.67. The molecule has 5 heteroatoms. The molecule has 1 aromatic rings. The van der Waals surface area contributed by atoms with Crippen LogP contribution in [0.15, 0.2) is 12.1 Å². The van der Waals surface area contributed by atoms with Crippen molar-refractivity contribution in [3.63, 3.8) is 0 Å². The van der Waals surface area contributed by atoms with E-state index in [4.69, 9.17) is 4.74 Å². The maximum Gasteiger partial charge on any atom is 0.260 e. The zero-order valence-electron chi connectivity index (χ0n) is 13.2. The molecule has 0 radical (unpaired) electrons. The molecule has 0 bridgehead atoms. The minimum atomic E-state index is 0.0329. The summed E-state index contributed by atoms with van der Waals surface area (Å²) >= 11 is 0. The summed E-state index contributed by atoms with van der Waals surface area (Å²) in [6.45, 7) is 5.77. The third kappa shape index (κ3) is 4.70. The van der Waals surface area contributed by atoms with Crippen LogP contribution in [0, 0.1) is 6.92 Å². The average molecular weight is 291 g/mol. The average Bonchev–Trinajstić information content (AvgIpc) is 3.30. The van der Waals surface area contributed by atoms with Gasteiger partial charge in [-0.25, -0.2) is 0 Å². The van der Waals surface area contributed by atoms with Crippen molar-refractivity contribution in [2.75, 3.05) is 20.2 Å². The first-order chi connectivity index (χ1) is 10.1. The highest BCUT2D eigenvalue weighted by atomic mass is 16.5. The highest BCUT2D eigenvalue weighted by Gasteiger charge is 2.29. The van der Waals surface area contributed by atoms with Gasteiger partial charge in [0.15, 0.2) is 6.61 Å². The minimum absolute atomic E-state index is 0.0329. The van der Waals surface area contributed by atoms with Crippen molar-refractivity contribution in [2.24, 2.45) is 0 Å². The molecule has 2 rings (SSSR count). The second kappa shape index (κ2) is 7.41. The molecule has 5 nitrogen and oxygen atoms in total. The number of carbonyl (C=O) groups is 1. The van der Waals surface area contributed by atoms with Crippen LogP contribution in [0.5, 0.6) is 5.75 Å². The van der Waals surface area contributed by atoms with Crippen LogP contribution >= 0.6 is 0 Å². The topological polar surface area (TPSA) is 54.5 Å². The Hall–Kier alpha value is -1.62. The summed E-state index contributed by atoms with van der Waals surface area (Å²) in [6.07, 6.45) is 3.30. The molecule has 1 aliphatic rings. The van der Waals surface area contributed by atoms with Crippen LogP contribution in [-0.4, -0.2) is 42.0 Å². The van der Waals surface area contributed by atoms with Crippen LogP contribution in [0.4, 0.5) is 0 Å². The highest BCUT2D eigenvalue weighted by molar-refractivity contribution is 5.78. The second-order valence-electron chi connectivity index (χ2n) is 5.60. The monoisotopic (exact) mass is 291 g/mol. The lowest BCUT2D eigenvalue weighted by Crippen LogP contribution is -2.33. The molecule has 1 heterocycles. The van der Waals surface area contributed by atoms with Crippen LogP contribution in [0.25, 0.3) is 0 Å². The molecular weight excluding hydrogens is 266 g/mol. The number of likely N-dealkylation sites (N-methyl/N-ethyl adjacent to an activating group) is 1. The number of ether oxygens (including phenoxy) is 1. The third-order valence-corrected chi connectivity index (χ3v) is 3.63. The number of hydrogen-bond donors (Lipinski definition) is 1. The number of nitrogens with one attached hydrogen (secondary N) is 1. The minimum Gasteiger partial charge on any atom is -0.482 e. The largest absolute Gasteiger partial charge is 0.482 e. The molecule has 0 unspecified atom stereocenters. The molecule has 0 aliphatic heterocycles. The van der Waals surface area contributed by atoms with Gasteiger partial charge in [0.1, 0.15) is 5.75 Å². The Morgan fingerprint density at radius 3 is 2.90 bits per heavy atom. The summed E-state index contributed by atoms with van der Waals surface area (Å²) in [7, 11) is 1.85. The quantitative estimate of drug-likeness (QED) is 0.743. The van der Waals surface area contributed by atoms with E-state index in [1.807, 2.05) is 26.1 Å². The molecule has 1 aliphatic carbocycles. The zero-order valence-corrected chi connectivity index (χ0v) is 13.2. The van der Waals surface area contributed by atoms with E-state index >= 15 is 0 Å². The van der Waals surface area contributed by atoms with Gasteiger partial charge < -0.3 is 15.0 Å². The van der Waals surface area contributed by atoms with Gasteiger partial charge in [0.05, 0.1) is 5.69 Å². The predicted octanol–water partition coefficient (Wildman–Crippen LogP) is 1.89. The Balaban J connectivity index is 1.92. The number of nitrogens with zero attached hydrogens (tertiary/aromatic N) is 2. The van der Waals surface area contributed by atoms with E-state index in [1.165, 1.54) is 0 Å². The van der Waals surface area contributed by atoms with Crippen molar-refractivity contribution in [2.45, 2.75) is 45.7 Å². The first kappa shape index (κ1) is 15.8. The molecule has 0 aromatic carbocycles. The smallest absolute Gasteiger partial charge is 0.260 e. The fourth-order valence-corrected chi connectivity index (χ4v) is 2.15. The van der Waals surface area contributed by atoms with E-state index in [1.54, 1.807) is 4.90 Å². The Kier molecular flexibility index (Phi) is 5.56. The number of aryl methyl sites for hydroxylation is 1. The summed E-state index contributed by atoms with van der Waals surface area (Å²) in [4.78, 5) is 18.3. The lowest BCUT2D eigenvalue weighted by Gasteiger charge is -2.17. The van der Waals surface area contributed by atoms with Crippen molar-refractivity contribution < 1.29 is 9.53 Å². The third-order valence-electron chi connectivity index (χ3n) is 3.63. The summed E-state index contributed by atoms with van der Waals surface area (Å²) in [5.41, 5.74) is 1.82. The van der Waals surface area contributed by atoms with E-state index < -0.39 is 0 Å². The van der Waals surface area contributed by atoms with E-state index in [-0.39, 0.29) is 12.5 Å². The van der Waals surface area contributed by atoms with Crippen molar-refractivity contribution in [3.05, 3.63) is 23.5 Å². The van der Waals surface area contributed by atoms with Crippen molar-refractivity contribution >= 4 is 5.91 Å². The number of amides is 1. The lowest BCUT2D eigenvalue weighted by molar-refractivity contribution is -0.132. The fraction of sp³-hybridized carbons (Fsp3) is 0.625. The number of pyridine rings is 1. The van der Waals surface area contributed by atoms with Gasteiger partial charge in [-0.2, -0.15) is 0 Å². The summed E-state index contributed by atoms with van der Waals surface area (Å²) < 4.78 is 5.69. The first-order valence-electron chi connectivity index (χ1n) is 7.67. The van der Waals surface area contributed by atoms with Gasteiger partial charge in [-0.3, -0.25) is 9.78 Å². The molecule has 0 atom stereocenters. The van der Waals surface area contributed by atoms with E-state index in [0.717, 1.165) is 37.2 Å². The Bertz CT molecular complexity index is 486. The SMILES string of the molecule is CCCNCc1nc(C)ccc1OCC(=O)N(C)C1CC1. The predicted molar refractivity (Wildman–Crippen MR) is 82.3 cm³/mol. The zero-order chi connectivity index (χ0) is 15.2. The van der Waals surface area contributed by atoms with Gasteiger partial charge in [-0.15, -0.1) is 0 Å². The van der Waals surface area contributed by atoms with Gasteiger partial charge in [-0.1, -0.05) is 6.92 Å². The standard InChI is InChI=1S/C16H25N3O2/c1-4-9-17-10-14-15(8-5-12(2)18-14)21-11-16(20)19(3)13-6-7-13/h5,8,13,17H,4,6-7,9-11H2,1-3H3. The van der Waals surface area contributed by atoms with Gasteiger partial charge >= 0.3 is 0 Å². The van der Waals surface area contributed by atoms with E-state index in [0.29, 0.717) is 18.3 Å². The van der Waals surface area contributed by atoms with E-state index in [2.05, 4.69) is 17.2 Å². The Morgan fingerprint density at radius 2 is 2.24 bits per heavy atom. The summed E-state index contributed by atoms with van der Waals surface area (Å²) in [5, 5.41) is 3.32. The molecule has 1 saturated carbocycles. The van der Waals surface area contributed by atoms with Crippen molar-refractivity contribution in [1.82, 2.24) is 15.2 Å². The second-order valence-corrected chi connectivity index (χ2v) is 5.60.